The lowest BCUT2D eigenvalue weighted by atomic mass is 9.62. The minimum Gasteiger partial charge on any atom is -0.393 e. The van der Waals surface area contributed by atoms with Crippen LogP contribution in [0.5, 0.6) is 0 Å². The van der Waals surface area contributed by atoms with E-state index in [1.165, 1.54) is 36.8 Å². The Hall–Kier alpha value is -0.860. The van der Waals surface area contributed by atoms with Gasteiger partial charge in [0.05, 0.1) is 12.2 Å². The van der Waals surface area contributed by atoms with E-state index in [1.807, 2.05) is 6.92 Å². The van der Waals surface area contributed by atoms with Crippen LogP contribution < -0.4 is 0 Å². The number of fused-ring (bicyclic) bond motifs is 1. The third-order valence-corrected chi connectivity index (χ3v) is 7.08. The normalized spacial score (nSPS) is 43.4. The first kappa shape index (κ1) is 17.9. The summed E-state index contributed by atoms with van der Waals surface area (Å²) in [5.41, 5.74) is 4.58. The Morgan fingerprint density at radius 2 is 1.92 bits per heavy atom. The van der Waals surface area contributed by atoms with Crippen molar-refractivity contribution in [2.75, 3.05) is 0 Å². The summed E-state index contributed by atoms with van der Waals surface area (Å²) in [6, 6.07) is 0. The Morgan fingerprint density at radius 1 is 1.12 bits per heavy atom. The second-order valence-electron chi connectivity index (χ2n) is 8.48. The van der Waals surface area contributed by atoms with Crippen LogP contribution >= 0.6 is 0 Å². The topological polar surface area (TPSA) is 40.5 Å². The number of aliphatic hydroxyl groups excluding tert-OH is 2. The van der Waals surface area contributed by atoms with E-state index in [0.717, 1.165) is 25.7 Å². The number of allylic oxidation sites excluding steroid dienone is 5. The maximum atomic E-state index is 10.2. The smallest absolute Gasteiger partial charge is 0.0583 e. The molecule has 0 saturated heterocycles. The highest BCUT2D eigenvalue weighted by Crippen LogP contribution is 2.58. The molecule has 2 N–H and O–H groups in total. The van der Waals surface area contributed by atoms with Gasteiger partial charge in [-0.2, -0.15) is 0 Å². The summed E-state index contributed by atoms with van der Waals surface area (Å²) in [6.45, 7) is 6.49. The maximum Gasteiger partial charge on any atom is 0.0583 e. The molecule has 3 aliphatic rings. The van der Waals surface area contributed by atoms with Gasteiger partial charge in [0.25, 0.3) is 0 Å². The maximum absolute atomic E-state index is 10.2. The molecule has 0 aromatic heterocycles. The van der Waals surface area contributed by atoms with Crippen LogP contribution in [0.25, 0.3) is 0 Å². The zero-order chi connectivity index (χ0) is 17.3. The summed E-state index contributed by atoms with van der Waals surface area (Å²) >= 11 is 0. The lowest BCUT2D eigenvalue weighted by molar-refractivity contribution is 0.0302. The molecule has 3 saturated carbocycles. The number of hydrogen-bond acceptors (Lipinski definition) is 2. The highest BCUT2D eigenvalue weighted by Gasteiger charge is 2.50. The van der Waals surface area contributed by atoms with E-state index in [-0.39, 0.29) is 17.6 Å². The molecule has 3 rings (SSSR count). The third kappa shape index (κ3) is 3.28. The molecule has 134 valence electrons. The van der Waals surface area contributed by atoms with Gasteiger partial charge in [0, 0.05) is 0 Å². The molecule has 2 nitrogen and oxygen atoms in total. The summed E-state index contributed by atoms with van der Waals surface area (Å²) in [6.07, 6.45) is 15.2. The molecular formula is C22H34O2. The van der Waals surface area contributed by atoms with E-state index >= 15 is 0 Å². The van der Waals surface area contributed by atoms with Crippen LogP contribution in [0.4, 0.5) is 0 Å². The quantitative estimate of drug-likeness (QED) is 0.754. The van der Waals surface area contributed by atoms with Crippen LogP contribution in [0.15, 0.2) is 34.9 Å². The van der Waals surface area contributed by atoms with Crippen LogP contribution in [0.2, 0.25) is 0 Å². The first-order chi connectivity index (χ1) is 11.5. The Kier molecular flexibility index (Phi) is 5.36. The lowest BCUT2D eigenvalue weighted by Crippen LogP contribution is -2.37. The van der Waals surface area contributed by atoms with Crippen LogP contribution in [-0.2, 0) is 0 Å². The van der Waals surface area contributed by atoms with Crippen molar-refractivity contribution in [2.45, 2.75) is 84.3 Å². The van der Waals surface area contributed by atoms with Crippen LogP contribution in [0.3, 0.4) is 0 Å². The van der Waals surface area contributed by atoms with Gasteiger partial charge >= 0.3 is 0 Å². The average Bonchev–Trinajstić information content (AvgIpc) is 2.90. The van der Waals surface area contributed by atoms with Crippen molar-refractivity contribution in [3.05, 3.63) is 34.9 Å². The minimum absolute atomic E-state index is 0.180. The fourth-order valence-electron chi connectivity index (χ4n) is 5.75. The Balaban J connectivity index is 1.84. The SMILES string of the molecule is C\C=C1/CC[C@H](O)C/C1=C/C=C1\CCCC2(C)C1CCC2[C@H](C)O. The standard InChI is InChI=1S/C22H34O2/c1-4-16-9-10-19(24)14-18(16)8-7-17-6-5-13-22(3)20(15(2)23)11-12-21(17)22/h4,7-8,15,19-21,23-24H,5-6,9-14H2,1-3H3/b16-4+,17-7+,18-8-/t15-,19-,20?,21?,22?/m0/s1. The molecule has 0 heterocycles. The van der Waals surface area contributed by atoms with E-state index in [4.69, 9.17) is 0 Å². The number of rotatable bonds is 2. The monoisotopic (exact) mass is 330 g/mol. The van der Waals surface area contributed by atoms with Crippen molar-refractivity contribution >= 4 is 0 Å². The fourth-order valence-corrected chi connectivity index (χ4v) is 5.75. The molecule has 3 aliphatic carbocycles. The first-order valence-corrected chi connectivity index (χ1v) is 9.87. The van der Waals surface area contributed by atoms with Crippen molar-refractivity contribution in [2.24, 2.45) is 17.3 Å². The van der Waals surface area contributed by atoms with Gasteiger partial charge in [-0.25, -0.2) is 0 Å². The van der Waals surface area contributed by atoms with Crippen LogP contribution in [0.1, 0.15) is 72.1 Å². The zero-order valence-electron chi connectivity index (χ0n) is 15.6. The van der Waals surface area contributed by atoms with Gasteiger partial charge in [-0.15, -0.1) is 0 Å². The number of hydrogen-bond donors (Lipinski definition) is 2. The van der Waals surface area contributed by atoms with Gasteiger partial charge in [-0.05, 0) is 93.6 Å². The fraction of sp³-hybridized carbons (Fsp3) is 0.727. The predicted octanol–water partition coefficient (Wildman–Crippen LogP) is 4.93. The van der Waals surface area contributed by atoms with Gasteiger partial charge in [0.2, 0.25) is 0 Å². The average molecular weight is 331 g/mol. The Bertz CT molecular complexity index is 554. The first-order valence-electron chi connectivity index (χ1n) is 9.87. The molecule has 5 atom stereocenters. The highest BCUT2D eigenvalue weighted by atomic mass is 16.3. The summed E-state index contributed by atoms with van der Waals surface area (Å²) in [7, 11) is 0. The van der Waals surface area contributed by atoms with Gasteiger partial charge < -0.3 is 10.2 Å². The molecule has 24 heavy (non-hydrogen) atoms. The largest absolute Gasteiger partial charge is 0.393 e. The van der Waals surface area contributed by atoms with E-state index in [2.05, 4.69) is 32.1 Å². The second kappa shape index (κ2) is 7.17. The van der Waals surface area contributed by atoms with E-state index in [1.54, 1.807) is 5.57 Å². The van der Waals surface area contributed by atoms with Gasteiger partial charge in [0.1, 0.15) is 0 Å². The highest BCUT2D eigenvalue weighted by molar-refractivity contribution is 5.37. The van der Waals surface area contributed by atoms with E-state index < -0.39 is 0 Å². The Morgan fingerprint density at radius 3 is 2.62 bits per heavy atom. The molecule has 2 heteroatoms. The molecule has 0 radical (unpaired) electrons. The van der Waals surface area contributed by atoms with Crippen molar-refractivity contribution < 1.29 is 10.2 Å². The van der Waals surface area contributed by atoms with Crippen molar-refractivity contribution in [3.63, 3.8) is 0 Å². The zero-order valence-corrected chi connectivity index (χ0v) is 15.6. The summed E-state index contributed by atoms with van der Waals surface area (Å²) in [5, 5.41) is 20.2. The molecular weight excluding hydrogens is 296 g/mol. The van der Waals surface area contributed by atoms with E-state index in [9.17, 15) is 10.2 Å². The van der Waals surface area contributed by atoms with Gasteiger partial charge in [-0.3, -0.25) is 0 Å². The third-order valence-electron chi connectivity index (χ3n) is 7.08. The van der Waals surface area contributed by atoms with Crippen molar-refractivity contribution in [1.82, 2.24) is 0 Å². The second-order valence-corrected chi connectivity index (χ2v) is 8.48. The minimum atomic E-state index is -0.194. The Labute approximate surface area is 147 Å². The van der Waals surface area contributed by atoms with Gasteiger partial charge in [0.15, 0.2) is 0 Å². The summed E-state index contributed by atoms with van der Waals surface area (Å²) in [5.74, 6) is 1.08. The molecule has 3 unspecified atom stereocenters. The van der Waals surface area contributed by atoms with Gasteiger partial charge in [-0.1, -0.05) is 30.7 Å². The summed E-state index contributed by atoms with van der Waals surface area (Å²) < 4.78 is 0. The molecule has 0 spiro atoms. The van der Waals surface area contributed by atoms with Crippen molar-refractivity contribution in [1.29, 1.82) is 0 Å². The lowest BCUT2D eigenvalue weighted by Gasteiger charge is -2.43. The summed E-state index contributed by atoms with van der Waals surface area (Å²) in [4.78, 5) is 0. The van der Waals surface area contributed by atoms with Crippen LogP contribution in [-0.4, -0.2) is 22.4 Å². The van der Waals surface area contributed by atoms with E-state index in [0.29, 0.717) is 11.8 Å². The molecule has 0 aromatic carbocycles. The molecule has 3 fully saturated rings. The molecule has 0 aromatic rings. The molecule has 0 amide bonds. The van der Waals surface area contributed by atoms with Crippen LogP contribution in [0, 0.1) is 17.3 Å². The molecule has 0 aliphatic heterocycles. The number of aliphatic hydroxyl groups is 2. The van der Waals surface area contributed by atoms with Crippen molar-refractivity contribution in [3.8, 4) is 0 Å². The molecule has 0 bridgehead atoms. The predicted molar refractivity (Wildman–Crippen MR) is 99.6 cm³/mol.